The maximum absolute atomic E-state index is 13.9. The summed E-state index contributed by atoms with van der Waals surface area (Å²) in [4.78, 5) is 2.26. The van der Waals surface area contributed by atoms with E-state index in [-0.39, 0.29) is 6.04 Å². The average Bonchev–Trinajstić information content (AvgIpc) is 2.48. The van der Waals surface area contributed by atoms with Gasteiger partial charge in [0.15, 0.2) is 11.6 Å². The lowest BCUT2D eigenvalue weighted by Crippen LogP contribution is -2.41. The molecule has 0 aliphatic carbocycles. The summed E-state index contributed by atoms with van der Waals surface area (Å²) >= 11 is 0. The maximum Gasteiger partial charge on any atom is 0.163 e. The number of methoxy groups -OCH3 is 1. The van der Waals surface area contributed by atoms with Gasteiger partial charge in [-0.05, 0) is 26.0 Å². The van der Waals surface area contributed by atoms with Gasteiger partial charge < -0.3 is 15.0 Å². The van der Waals surface area contributed by atoms with Crippen LogP contribution >= 0.6 is 0 Å². The number of likely N-dealkylation sites (tertiary alicyclic amines) is 1. The van der Waals surface area contributed by atoms with E-state index in [1.807, 2.05) is 0 Å². The Hall–Kier alpha value is -1.04. The number of nitrogens with one attached hydrogen (secondary N) is 1. The van der Waals surface area contributed by atoms with Crippen LogP contribution in [0.15, 0.2) is 18.2 Å². The highest BCUT2D eigenvalue weighted by atomic mass is 19.2. The first-order valence-electron chi connectivity index (χ1n) is 7.02. The molecule has 3 nitrogen and oxygen atoms in total. The third-order valence-electron chi connectivity index (χ3n) is 4.01. The summed E-state index contributed by atoms with van der Waals surface area (Å²) in [6, 6.07) is 4.14. The van der Waals surface area contributed by atoms with Crippen LogP contribution in [0.5, 0.6) is 0 Å². The molecular weight excluding hydrogens is 262 g/mol. The summed E-state index contributed by atoms with van der Waals surface area (Å²) in [5.41, 5.74) is 0.390. The maximum atomic E-state index is 13.9. The minimum absolute atomic E-state index is 0.204. The first-order valence-corrected chi connectivity index (χ1v) is 7.02. The SMILES string of the molecule is CNC(CN1CCC(OC)CC1)c1cccc(F)c1F. The van der Waals surface area contributed by atoms with Crippen molar-refractivity contribution in [1.82, 2.24) is 10.2 Å². The van der Waals surface area contributed by atoms with E-state index in [1.54, 1.807) is 26.3 Å². The van der Waals surface area contributed by atoms with Gasteiger partial charge in [-0.25, -0.2) is 8.78 Å². The summed E-state index contributed by atoms with van der Waals surface area (Å²) in [5.74, 6) is -1.54. The fourth-order valence-corrected chi connectivity index (χ4v) is 2.72. The Balaban J connectivity index is 2.01. The average molecular weight is 284 g/mol. The van der Waals surface area contributed by atoms with Crippen molar-refractivity contribution >= 4 is 0 Å². The largest absolute Gasteiger partial charge is 0.381 e. The summed E-state index contributed by atoms with van der Waals surface area (Å²) < 4.78 is 32.5. The molecule has 112 valence electrons. The molecule has 1 heterocycles. The summed E-state index contributed by atoms with van der Waals surface area (Å²) in [7, 11) is 3.51. The van der Waals surface area contributed by atoms with Gasteiger partial charge in [0.1, 0.15) is 0 Å². The van der Waals surface area contributed by atoms with Gasteiger partial charge in [-0.3, -0.25) is 0 Å². The molecule has 0 saturated carbocycles. The van der Waals surface area contributed by atoms with E-state index in [4.69, 9.17) is 4.74 Å². The van der Waals surface area contributed by atoms with Gasteiger partial charge in [-0.15, -0.1) is 0 Å². The molecule has 0 aromatic heterocycles. The van der Waals surface area contributed by atoms with E-state index < -0.39 is 11.6 Å². The molecule has 1 aliphatic heterocycles. The van der Waals surface area contributed by atoms with Crippen molar-refractivity contribution in [2.75, 3.05) is 33.8 Å². The number of hydrogen-bond donors (Lipinski definition) is 1. The van der Waals surface area contributed by atoms with Crippen LogP contribution in [0.1, 0.15) is 24.4 Å². The Labute approximate surface area is 118 Å². The highest BCUT2D eigenvalue weighted by Crippen LogP contribution is 2.22. The number of ether oxygens (including phenoxy) is 1. The zero-order chi connectivity index (χ0) is 14.5. The molecule has 1 saturated heterocycles. The second-order valence-corrected chi connectivity index (χ2v) is 5.22. The molecule has 1 aliphatic rings. The van der Waals surface area contributed by atoms with Gasteiger partial charge in [-0.1, -0.05) is 12.1 Å². The van der Waals surface area contributed by atoms with Crippen LogP contribution in [-0.4, -0.2) is 44.8 Å². The van der Waals surface area contributed by atoms with Crippen molar-refractivity contribution in [3.05, 3.63) is 35.4 Å². The number of piperidine rings is 1. The van der Waals surface area contributed by atoms with E-state index in [0.29, 0.717) is 18.2 Å². The summed E-state index contributed by atoms with van der Waals surface area (Å²) in [6.07, 6.45) is 2.29. The molecule has 0 spiro atoms. The zero-order valence-corrected chi connectivity index (χ0v) is 12.0. The number of nitrogens with zero attached hydrogens (tertiary/aromatic N) is 1. The van der Waals surface area contributed by atoms with Crippen molar-refractivity contribution in [3.8, 4) is 0 Å². The number of rotatable bonds is 5. The number of benzene rings is 1. The second kappa shape index (κ2) is 7.11. The molecule has 0 amide bonds. The molecule has 1 N–H and O–H groups in total. The Bertz CT molecular complexity index is 434. The Morgan fingerprint density at radius 2 is 2.05 bits per heavy atom. The zero-order valence-electron chi connectivity index (χ0n) is 12.0. The minimum Gasteiger partial charge on any atom is -0.381 e. The van der Waals surface area contributed by atoms with Gasteiger partial charge in [0, 0.05) is 38.3 Å². The molecule has 0 bridgehead atoms. The summed E-state index contributed by atoms with van der Waals surface area (Å²) in [6.45, 7) is 2.52. The lowest BCUT2D eigenvalue weighted by molar-refractivity contribution is 0.0384. The van der Waals surface area contributed by atoms with Crippen LogP contribution in [0, 0.1) is 11.6 Å². The van der Waals surface area contributed by atoms with Crippen LogP contribution in [0.4, 0.5) is 8.78 Å². The van der Waals surface area contributed by atoms with Crippen molar-refractivity contribution in [2.24, 2.45) is 0 Å². The second-order valence-electron chi connectivity index (χ2n) is 5.22. The molecule has 5 heteroatoms. The number of hydrogen-bond acceptors (Lipinski definition) is 3. The molecule has 1 unspecified atom stereocenters. The number of likely N-dealkylation sites (N-methyl/N-ethyl adjacent to an activating group) is 1. The Morgan fingerprint density at radius 1 is 1.35 bits per heavy atom. The lowest BCUT2D eigenvalue weighted by Gasteiger charge is -2.33. The van der Waals surface area contributed by atoms with E-state index in [0.717, 1.165) is 32.0 Å². The summed E-state index contributed by atoms with van der Waals surface area (Å²) in [5, 5.41) is 3.08. The lowest BCUT2D eigenvalue weighted by atomic mass is 10.0. The van der Waals surface area contributed by atoms with Gasteiger partial charge in [0.05, 0.1) is 6.10 Å². The normalized spacial score (nSPS) is 19.2. The van der Waals surface area contributed by atoms with Crippen molar-refractivity contribution in [1.29, 1.82) is 0 Å². The van der Waals surface area contributed by atoms with Crippen LogP contribution in [0.2, 0.25) is 0 Å². The third kappa shape index (κ3) is 3.53. The fraction of sp³-hybridized carbons (Fsp3) is 0.600. The van der Waals surface area contributed by atoms with Crippen molar-refractivity contribution in [3.63, 3.8) is 0 Å². The molecule has 1 aromatic rings. The monoisotopic (exact) mass is 284 g/mol. The van der Waals surface area contributed by atoms with Crippen LogP contribution in [-0.2, 0) is 4.74 Å². The predicted octanol–water partition coefficient (Wildman–Crippen LogP) is 2.34. The van der Waals surface area contributed by atoms with E-state index >= 15 is 0 Å². The topological polar surface area (TPSA) is 24.5 Å². The van der Waals surface area contributed by atoms with Crippen LogP contribution in [0.25, 0.3) is 0 Å². The van der Waals surface area contributed by atoms with Gasteiger partial charge in [0.25, 0.3) is 0 Å². The quantitative estimate of drug-likeness (QED) is 0.898. The molecule has 1 atom stereocenters. The van der Waals surface area contributed by atoms with Gasteiger partial charge in [-0.2, -0.15) is 0 Å². The fourth-order valence-electron chi connectivity index (χ4n) is 2.72. The molecule has 1 fully saturated rings. The highest BCUT2D eigenvalue weighted by molar-refractivity contribution is 5.23. The molecule has 1 aromatic carbocycles. The number of halogens is 2. The smallest absolute Gasteiger partial charge is 0.163 e. The van der Waals surface area contributed by atoms with Gasteiger partial charge in [0.2, 0.25) is 0 Å². The van der Waals surface area contributed by atoms with E-state index in [2.05, 4.69) is 10.2 Å². The predicted molar refractivity (Wildman–Crippen MR) is 74.6 cm³/mol. The van der Waals surface area contributed by atoms with Gasteiger partial charge >= 0.3 is 0 Å². The molecule has 2 rings (SSSR count). The molecule has 20 heavy (non-hydrogen) atoms. The van der Waals surface area contributed by atoms with Crippen LogP contribution in [0.3, 0.4) is 0 Å². The Morgan fingerprint density at radius 3 is 2.65 bits per heavy atom. The van der Waals surface area contributed by atoms with E-state index in [1.165, 1.54) is 0 Å². The van der Waals surface area contributed by atoms with Crippen LogP contribution < -0.4 is 5.32 Å². The first kappa shape index (κ1) is 15.4. The standard InChI is InChI=1S/C15H22F2N2O/c1-18-14(12-4-3-5-13(16)15(12)17)10-19-8-6-11(20-2)7-9-19/h3-5,11,14,18H,6-10H2,1-2H3. The van der Waals surface area contributed by atoms with Crippen molar-refractivity contribution < 1.29 is 13.5 Å². The van der Waals surface area contributed by atoms with Crippen molar-refractivity contribution in [2.45, 2.75) is 25.0 Å². The first-order chi connectivity index (χ1) is 9.65. The van der Waals surface area contributed by atoms with E-state index in [9.17, 15) is 8.78 Å². The molecular formula is C15H22F2N2O. The Kier molecular flexibility index (Phi) is 5.46. The highest BCUT2D eigenvalue weighted by Gasteiger charge is 2.23. The minimum atomic E-state index is -0.791. The molecule has 0 radical (unpaired) electrons. The third-order valence-corrected chi connectivity index (χ3v) is 4.01.